The standard InChI is InChI=1S/C14H26BrN3O/c1-6-14(5,19-9-4)13(16-7-2)12-11(15)10-17-18(12)8-3/h10,13,16H,6-9H2,1-5H3. The molecule has 0 spiro atoms. The van der Waals surface area contributed by atoms with Crippen LogP contribution in [0.3, 0.4) is 0 Å². The third-order valence-corrected chi connectivity index (χ3v) is 4.21. The summed E-state index contributed by atoms with van der Waals surface area (Å²) < 4.78 is 9.12. The number of nitrogens with one attached hydrogen (secondary N) is 1. The Hall–Kier alpha value is -0.390. The van der Waals surface area contributed by atoms with Crippen LogP contribution in [0.2, 0.25) is 0 Å². The summed E-state index contributed by atoms with van der Waals surface area (Å²) in [6.45, 7) is 13.1. The van der Waals surface area contributed by atoms with Gasteiger partial charge in [0.2, 0.25) is 0 Å². The maximum Gasteiger partial charge on any atom is 0.0861 e. The molecule has 0 aromatic carbocycles. The monoisotopic (exact) mass is 331 g/mol. The number of hydrogen-bond acceptors (Lipinski definition) is 3. The first-order chi connectivity index (χ1) is 9.03. The van der Waals surface area contributed by atoms with Crippen molar-refractivity contribution in [2.24, 2.45) is 0 Å². The quantitative estimate of drug-likeness (QED) is 0.792. The molecule has 1 aromatic rings. The Balaban J connectivity index is 3.21. The van der Waals surface area contributed by atoms with Gasteiger partial charge in [-0.3, -0.25) is 4.68 Å². The first-order valence-electron chi connectivity index (χ1n) is 7.12. The van der Waals surface area contributed by atoms with E-state index in [0.717, 1.165) is 24.0 Å². The number of rotatable bonds is 8. The minimum absolute atomic E-state index is 0.124. The predicted octanol–water partition coefficient (Wildman–Crippen LogP) is 3.52. The molecule has 0 aliphatic heterocycles. The number of aromatic nitrogens is 2. The number of nitrogens with zero attached hydrogens (tertiary/aromatic N) is 2. The van der Waals surface area contributed by atoms with E-state index in [0.29, 0.717) is 6.61 Å². The van der Waals surface area contributed by atoms with E-state index < -0.39 is 0 Å². The molecule has 5 heteroatoms. The van der Waals surface area contributed by atoms with Crippen molar-refractivity contribution in [3.63, 3.8) is 0 Å². The van der Waals surface area contributed by atoms with Crippen LogP contribution in [-0.2, 0) is 11.3 Å². The Morgan fingerprint density at radius 2 is 2.11 bits per heavy atom. The van der Waals surface area contributed by atoms with Crippen LogP contribution < -0.4 is 5.32 Å². The number of halogens is 1. The van der Waals surface area contributed by atoms with Crippen molar-refractivity contribution >= 4 is 15.9 Å². The highest BCUT2D eigenvalue weighted by molar-refractivity contribution is 9.10. The van der Waals surface area contributed by atoms with Crippen molar-refractivity contribution < 1.29 is 4.74 Å². The summed E-state index contributed by atoms with van der Waals surface area (Å²) in [5.41, 5.74) is 0.933. The zero-order chi connectivity index (χ0) is 14.5. The normalized spacial score (nSPS) is 16.3. The van der Waals surface area contributed by atoms with Crippen molar-refractivity contribution in [2.45, 2.75) is 59.2 Å². The zero-order valence-electron chi connectivity index (χ0n) is 12.7. The van der Waals surface area contributed by atoms with E-state index in [1.807, 2.05) is 17.8 Å². The molecule has 0 aliphatic rings. The first-order valence-corrected chi connectivity index (χ1v) is 7.91. The van der Waals surface area contributed by atoms with E-state index in [2.05, 4.69) is 54.0 Å². The summed E-state index contributed by atoms with van der Waals surface area (Å²) in [6.07, 6.45) is 2.81. The molecule has 4 nitrogen and oxygen atoms in total. The number of likely N-dealkylation sites (N-methyl/N-ethyl adjacent to an activating group) is 1. The maximum atomic E-state index is 6.05. The van der Waals surface area contributed by atoms with Gasteiger partial charge in [0.25, 0.3) is 0 Å². The van der Waals surface area contributed by atoms with Gasteiger partial charge in [-0.25, -0.2) is 0 Å². The van der Waals surface area contributed by atoms with Crippen molar-refractivity contribution in [3.8, 4) is 0 Å². The van der Waals surface area contributed by atoms with Crippen LogP contribution >= 0.6 is 15.9 Å². The predicted molar refractivity (Wildman–Crippen MR) is 82.3 cm³/mol. The van der Waals surface area contributed by atoms with Crippen LogP contribution in [0.15, 0.2) is 10.7 Å². The second-order valence-electron chi connectivity index (χ2n) is 4.78. The van der Waals surface area contributed by atoms with Gasteiger partial charge in [0.15, 0.2) is 0 Å². The molecule has 0 saturated heterocycles. The molecule has 0 saturated carbocycles. The second-order valence-corrected chi connectivity index (χ2v) is 5.64. The summed E-state index contributed by atoms with van der Waals surface area (Å²) >= 11 is 3.62. The molecule has 1 N–H and O–H groups in total. The van der Waals surface area contributed by atoms with Gasteiger partial charge < -0.3 is 10.1 Å². The largest absolute Gasteiger partial charge is 0.374 e. The van der Waals surface area contributed by atoms with Crippen LogP contribution in [0.5, 0.6) is 0 Å². The molecular formula is C14H26BrN3O. The summed E-state index contributed by atoms with van der Waals surface area (Å²) in [5, 5.41) is 7.98. The highest BCUT2D eigenvalue weighted by atomic mass is 79.9. The molecule has 1 heterocycles. The molecule has 0 fully saturated rings. The minimum Gasteiger partial charge on any atom is -0.374 e. The second kappa shape index (κ2) is 7.41. The maximum absolute atomic E-state index is 6.05. The molecule has 110 valence electrons. The van der Waals surface area contributed by atoms with Crippen molar-refractivity contribution in [3.05, 3.63) is 16.4 Å². The molecule has 1 aromatic heterocycles. The molecule has 0 amide bonds. The lowest BCUT2D eigenvalue weighted by Crippen LogP contribution is -2.44. The third kappa shape index (κ3) is 3.58. The van der Waals surface area contributed by atoms with Gasteiger partial charge in [-0.1, -0.05) is 13.8 Å². The van der Waals surface area contributed by atoms with Gasteiger partial charge >= 0.3 is 0 Å². The topological polar surface area (TPSA) is 39.1 Å². The van der Waals surface area contributed by atoms with Crippen LogP contribution in [0.25, 0.3) is 0 Å². The van der Waals surface area contributed by atoms with E-state index in [9.17, 15) is 0 Å². The Bertz CT molecular complexity index is 394. The van der Waals surface area contributed by atoms with E-state index in [4.69, 9.17) is 4.74 Å². The summed E-state index contributed by atoms with van der Waals surface area (Å²) in [6, 6.07) is 0.124. The zero-order valence-corrected chi connectivity index (χ0v) is 14.2. The van der Waals surface area contributed by atoms with Crippen LogP contribution in [-0.4, -0.2) is 28.5 Å². The van der Waals surface area contributed by atoms with E-state index in [1.54, 1.807) is 0 Å². The molecule has 0 bridgehead atoms. The molecule has 2 unspecified atom stereocenters. The van der Waals surface area contributed by atoms with Crippen LogP contribution in [0.4, 0.5) is 0 Å². The fourth-order valence-electron chi connectivity index (χ4n) is 2.44. The summed E-state index contributed by atoms with van der Waals surface area (Å²) in [7, 11) is 0. The van der Waals surface area contributed by atoms with Gasteiger partial charge in [-0.05, 0) is 49.7 Å². The smallest absolute Gasteiger partial charge is 0.0861 e. The van der Waals surface area contributed by atoms with Gasteiger partial charge in [-0.2, -0.15) is 5.10 Å². The third-order valence-electron chi connectivity index (χ3n) is 3.60. The lowest BCUT2D eigenvalue weighted by Gasteiger charge is -2.37. The Morgan fingerprint density at radius 1 is 1.42 bits per heavy atom. The molecular weight excluding hydrogens is 306 g/mol. The van der Waals surface area contributed by atoms with Crippen molar-refractivity contribution in [1.29, 1.82) is 0 Å². The molecule has 2 atom stereocenters. The van der Waals surface area contributed by atoms with E-state index >= 15 is 0 Å². The van der Waals surface area contributed by atoms with Gasteiger partial charge in [-0.15, -0.1) is 0 Å². The average molecular weight is 332 g/mol. The fraction of sp³-hybridized carbons (Fsp3) is 0.786. The highest BCUT2D eigenvalue weighted by Gasteiger charge is 2.37. The summed E-state index contributed by atoms with van der Waals surface area (Å²) in [5.74, 6) is 0. The van der Waals surface area contributed by atoms with Gasteiger partial charge in [0.1, 0.15) is 0 Å². The number of ether oxygens (including phenoxy) is 1. The van der Waals surface area contributed by atoms with E-state index in [1.165, 1.54) is 5.69 Å². The number of hydrogen-bond donors (Lipinski definition) is 1. The Kier molecular flexibility index (Phi) is 6.50. The van der Waals surface area contributed by atoms with Crippen molar-refractivity contribution in [2.75, 3.05) is 13.2 Å². The number of aryl methyl sites for hydroxylation is 1. The first kappa shape index (κ1) is 16.7. The average Bonchev–Trinajstić information content (AvgIpc) is 2.77. The van der Waals surface area contributed by atoms with Crippen molar-refractivity contribution in [1.82, 2.24) is 15.1 Å². The molecule has 1 rings (SSSR count). The fourth-order valence-corrected chi connectivity index (χ4v) is 2.96. The van der Waals surface area contributed by atoms with E-state index in [-0.39, 0.29) is 11.6 Å². The van der Waals surface area contributed by atoms with Crippen LogP contribution in [0, 0.1) is 0 Å². The van der Waals surface area contributed by atoms with Gasteiger partial charge in [0.05, 0.1) is 28.0 Å². The Morgan fingerprint density at radius 3 is 2.58 bits per heavy atom. The Labute approximate surface area is 125 Å². The lowest BCUT2D eigenvalue weighted by atomic mass is 9.90. The molecule has 0 radical (unpaired) electrons. The molecule has 0 aliphatic carbocycles. The highest BCUT2D eigenvalue weighted by Crippen LogP contribution is 2.35. The van der Waals surface area contributed by atoms with Gasteiger partial charge in [0, 0.05) is 13.2 Å². The summed E-state index contributed by atoms with van der Waals surface area (Å²) in [4.78, 5) is 0. The lowest BCUT2D eigenvalue weighted by molar-refractivity contribution is -0.0580. The van der Waals surface area contributed by atoms with Crippen LogP contribution in [0.1, 0.15) is 52.8 Å². The molecule has 19 heavy (non-hydrogen) atoms. The SMILES string of the molecule is CCNC(c1c(Br)cnn1CC)C(C)(CC)OCC. The minimum atomic E-state index is -0.236.